The molecule has 1 unspecified atom stereocenters. The van der Waals surface area contributed by atoms with Crippen LogP contribution in [0.15, 0.2) is 30.3 Å². The number of likely N-dealkylation sites (tertiary alicyclic amines) is 1. The molecule has 2 fully saturated rings. The summed E-state index contributed by atoms with van der Waals surface area (Å²) in [6.45, 7) is 12.9. The van der Waals surface area contributed by atoms with Gasteiger partial charge in [0.15, 0.2) is 0 Å². The SMILES string of the molecule is CC(C)c1cc(Oc2cc[c-]cc2)nn1C1CCN(CCN2CCOCC2)CC1.F[C-](F)P.[U+2]. The molecule has 4 rings (SSSR count). The number of hydrogen-bond donors (Lipinski definition) is 0. The molecule has 0 amide bonds. The van der Waals surface area contributed by atoms with E-state index in [1.165, 1.54) is 14.9 Å². The van der Waals surface area contributed by atoms with E-state index < -0.39 is 6.17 Å². The van der Waals surface area contributed by atoms with E-state index >= 15 is 0 Å². The maximum atomic E-state index is 10.2. The van der Waals surface area contributed by atoms with Crippen molar-refractivity contribution in [1.82, 2.24) is 19.6 Å². The van der Waals surface area contributed by atoms with Crippen LogP contribution in [0.1, 0.15) is 44.3 Å². The van der Waals surface area contributed by atoms with Gasteiger partial charge in [0.2, 0.25) is 5.88 Å². The van der Waals surface area contributed by atoms with Crippen LogP contribution in [0, 0.1) is 43.3 Å². The molecule has 3 heterocycles. The second-order valence-electron chi connectivity index (χ2n) is 8.66. The molecule has 0 N–H and O–H groups in total. The molecule has 10 heteroatoms. The summed E-state index contributed by atoms with van der Waals surface area (Å²) in [5.74, 6) is 1.92. The molecule has 0 aliphatic carbocycles. The standard InChI is InChI=1S/C23H33N4O2.CH2F2P.U/c1-19(2)22-18-23(29-21-6-4-3-5-7-21)24-27(22)20-8-10-25(11-9-20)12-13-26-14-16-28-17-15-26;2-1(3)4;/h4-7,18-20H,8-17H2,1-2H3;4H2;/q2*-1;+2. The van der Waals surface area contributed by atoms with Gasteiger partial charge in [-0.2, -0.15) is 18.2 Å². The van der Waals surface area contributed by atoms with Crippen molar-refractivity contribution in [2.75, 3.05) is 52.5 Å². The van der Waals surface area contributed by atoms with E-state index in [2.05, 4.69) is 40.5 Å². The molecular formula is C24H35F2N4O2PU. The topological polar surface area (TPSA) is 42.8 Å². The van der Waals surface area contributed by atoms with Crippen LogP contribution >= 0.6 is 9.24 Å². The Kier molecular flexibility index (Phi) is 13.6. The van der Waals surface area contributed by atoms with Crippen LogP contribution in [0.4, 0.5) is 8.78 Å². The minimum atomic E-state index is -1.67. The predicted molar refractivity (Wildman–Crippen MR) is 129 cm³/mol. The van der Waals surface area contributed by atoms with Crippen LogP contribution in [-0.4, -0.2) is 72.1 Å². The molecule has 0 bridgehead atoms. The van der Waals surface area contributed by atoms with Crippen LogP contribution in [0.5, 0.6) is 11.6 Å². The number of benzene rings is 1. The summed E-state index contributed by atoms with van der Waals surface area (Å²) >= 11 is 0. The third kappa shape index (κ3) is 9.84. The fourth-order valence-electron chi connectivity index (χ4n) is 4.21. The van der Waals surface area contributed by atoms with E-state index in [1.807, 2.05) is 24.3 Å². The molecule has 2 saturated heterocycles. The summed E-state index contributed by atoms with van der Waals surface area (Å²) in [5.41, 5.74) is 1.26. The minimum Gasteiger partial charge on any atom is -0.464 e. The zero-order valence-electron chi connectivity index (χ0n) is 20.1. The monoisotopic (exact) mass is 718 g/mol. The molecular weight excluding hydrogens is 683 g/mol. The molecule has 1 atom stereocenters. The maximum absolute atomic E-state index is 10.2. The smallest absolute Gasteiger partial charge is 0.464 e. The summed E-state index contributed by atoms with van der Waals surface area (Å²) in [7, 11) is 1.24. The fourth-order valence-corrected chi connectivity index (χ4v) is 4.21. The summed E-state index contributed by atoms with van der Waals surface area (Å²) in [4.78, 5) is 5.12. The summed E-state index contributed by atoms with van der Waals surface area (Å²) in [6, 6.07) is 13.1. The van der Waals surface area contributed by atoms with E-state index in [1.54, 1.807) is 0 Å². The number of ether oxygens (including phenoxy) is 2. The Bertz CT molecular complexity index is 812. The largest absolute Gasteiger partial charge is 2.00 e. The first-order valence-electron chi connectivity index (χ1n) is 11.6. The van der Waals surface area contributed by atoms with Gasteiger partial charge in [-0.3, -0.25) is 9.58 Å². The first-order chi connectivity index (χ1) is 15.9. The van der Waals surface area contributed by atoms with E-state index in [9.17, 15) is 8.78 Å². The average Bonchev–Trinajstić information content (AvgIpc) is 3.23. The van der Waals surface area contributed by atoms with E-state index in [4.69, 9.17) is 14.6 Å². The number of halogens is 2. The molecule has 2 aliphatic rings. The zero-order valence-corrected chi connectivity index (χ0v) is 25.4. The number of morpholine rings is 1. The first-order valence-corrected chi connectivity index (χ1v) is 12.2. The third-order valence-electron chi connectivity index (χ3n) is 5.98. The molecule has 1 aromatic carbocycles. The van der Waals surface area contributed by atoms with Gasteiger partial charge in [0.05, 0.1) is 19.3 Å². The maximum Gasteiger partial charge on any atom is 2.00 e. The number of nitrogens with zero attached hydrogens (tertiary/aromatic N) is 4. The number of rotatable bonds is 7. The molecule has 6 nitrogen and oxygen atoms in total. The van der Waals surface area contributed by atoms with Crippen LogP contribution in [0.3, 0.4) is 0 Å². The van der Waals surface area contributed by atoms with Gasteiger partial charge in [-0.15, -0.1) is 17.2 Å². The molecule has 0 spiro atoms. The van der Waals surface area contributed by atoms with Crippen molar-refractivity contribution in [3.8, 4) is 11.6 Å². The normalized spacial score (nSPS) is 17.9. The Morgan fingerprint density at radius 1 is 1.12 bits per heavy atom. The average molecular weight is 719 g/mol. The second-order valence-corrected chi connectivity index (χ2v) is 9.10. The third-order valence-corrected chi connectivity index (χ3v) is 5.98. The van der Waals surface area contributed by atoms with Crippen molar-refractivity contribution in [3.63, 3.8) is 0 Å². The Hall–Kier alpha value is -0.548. The Morgan fingerprint density at radius 3 is 2.24 bits per heavy atom. The van der Waals surface area contributed by atoms with E-state index in [0.29, 0.717) is 17.8 Å². The van der Waals surface area contributed by atoms with Crippen LogP contribution in [-0.2, 0) is 4.74 Å². The van der Waals surface area contributed by atoms with Gasteiger partial charge < -0.3 is 23.2 Å². The van der Waals surface area contributed by atoms with Gasteiger partial charge in [-0.1, -0.05) is 13.8 Å². The van der Waals surface area contributed by atoms with Crippen LogP contribution in [0.25, 0.3) is 0 Å². The Morgan fingerprint density at radius 2 is 1.68 bits per heavy atom. The molecule has 2 aromatic rings. The van der Waals surface area contributed by atoms with Crippen molar-refractivity contribution >= 4 is 9.24 Å². The van der Waals surface area contributed by atoms with Gasteiger partial charge in [-0.05, 0) is 18.8 Å². The van der Waals surface area contributed by atoms with Crippen molar-refractivity contribution in [2.24, 2.45) is 0 Å². The van der Waals surface area contributed by atoms with E-state index in [-0.39, 0.29) is 31.1 Å². The van der Waals surface area contributed by atoms with Crippen LogP contribution in [0.2, 0.25) is 0 Å². The first kappa shape index (κ1) is 29.7. The van der Waals surface area contributed by atoms with Gasteiger partial charge in [0, 0.05) is 62.9 Å². The number of piperidine rings is 1. The molecule has 34 heavy (non-hydrogen) atoms. The predicted octanol–water partition coefficient (Wildman–Crippen LogP) is 4.82. The van der Waals surface area contributed by atoms with Crippen molar-refractivity contribution in [2.45, 2.75) is 38.6 Å². The molecule has 186 valence electrons. The summed E-state index contributed by atoms with van der Waals surface area (Å²) < 4.78 is 34.1. The van der Waals surface area contributed by atoms with E-state index in [0.717, 1.165) is 71.1 Å². The van der Waals surface area contributed by atoms with Gasteiger partial charge in [0.25, 0.3) is 0 Å². The fraction of sp³-hybridized carbons (Fsp3) is 0.583. The Balaban J connectivity index is 0.000000758. The van der Waals surface area contributed by atoms with Crippen molar-refractivity contribution in [1.29, 1.82) is 0 Å². The molecule has 2 aliphatic heterocycles. The summed E-state index contributed by atoms with van der Waals surface area (Å²) in [5, 5.41) is 4.84. The van der Waals surface area contributed by atoms with Crippen molar-refractivity contribution in [3.05, 3.63) is 48.3 Å². The molecule has 0 saturated carbocycles. The molecule has 1 aromatic heterocycles. The number of aromatic nitrogens is 2. The van der Waals surface area contributed by atoms with Crippen molar-refractivity contribution < 1.29 is 49.4 Å². The second kappa shape index (κ2) is 15.5. The van der Waals surface area contributed by atoms with Gasteiger partial charge in [-0.25, -0.2) is 9.24 Å². The molecule has 0 radical (unpaired) electrons. The zero-order chi connectivity index (χ0) is 23.6. The van der Waals surface area contributed by atoms with Gasteiger partial charge >= 0.3 is 31.1 Å². The van der Waals surface area contributed by atoms with Crippen LogP contribution < -0.4 is 4.74 Å². The van der Waals surface area contributed by atoms with Gasteiger partial charge in [0.1, 0.15) is 0 Å². The minimum absolute atomic E-state index is 0. The quantitative estimate of drug-likeness (QED) is 0.304. The Labute approximate surface area is 228 Å². The summed E-state index contributed by atoms with van der Waals surface area (Å²) in [6.07, 6.45) is 0.620. The number of hydrogen-bond acceptors (Lipinski definition) is 5.